The standard InChI is InChI=1S/C20H24N4O3.ClH/c25-19(18-14-12-21-8-5-15(14)23-24-18)22-20(6-1-2-7-20)13-3-4-16-17(11-13)27-10-9-26-16;/h3-4,11,21H,1-2,5-10,12H2,(H,22,25)(H,23,24);1H. The summed E-state index contributed by atoms with van der Waals surface area (Å²) in [6.45, 7) is 2.73. The van der Waals surface area contributed by atoms with Gasteiger partial charge in [0, 0.05) is 30.8 Å². The monoisotopic (exact) mass is 404 g/mol. The van der Waals surface area contributed by atoms with E-state index in [0.29, 0.717) is 25.5 Å². The molecule has 28 heavy (non-hydrogen) atoms. The number of nitrogens with one attached hydrogen (secondary N) is 3. The van der Waals surface area contributed by atoms with E-state index >= 15 is 0 Å². The Morgan fingerprint density at radius 3 is 2.75 bits per heavy atom. The summed E-state index contributed by atoms with van der Waals surface area (Å²) in [5.41, 5.74) is 3.29. The van der Waals surface area contributed by atoms with Gasteiger partial charge in [-0.05, 0) is 30.5 Å². The summed E-state index contributed by atoms with van der Waals surface area (Å²) in [4.78, 5) is 13.1. The van der Waals surface area contributed by atoms with Crippen LogP contribution in [0.5, 0.6) is 11.5 Å². The van der Waals surface area contributed by atoms with Crippen LogP contribution in [0.4, 0.5) is 0 Å². The molecule has 2 aromatic rings. The lowest BCUT2D eigenvalue weighted by Gasteiger charge is -2.32. The van der Waals surface area contributed by atoms with E-state index in [0.717, 1.165) is 67.0 Å². The molecule has 0 radical (unpaired) electrons. The molecule has 0 atom stereocenters. The van der Waals surface area contributed by atoms with Gasteiger partial charge in [-0.15, -0.1) is 12.4 Å². The van der Waals surface area contributed by atoms with Gasteiger partial charge in [0.15, 0.2) is 17.2 Å². The zero-order chi connectivity index (χ0) is 18.3. The number of carbonyl (C=O) groups excluding carboxylic acids is 1. The molecule has 1 aromatic heterocycles. The van der Waals surface area contributed by atoms with Crippen LogP contribution < -0.4 is 20.1 Å². The van der Waals surface area contributed by atoms with Crippen molar-refractivity contribution in [1.29, 1.82) is 0 Å². The second-order valence-corrected chi connectivity index (χ2v) is 7.56. The van der Waals surface area contributed by atoms with Crippen molar-refractivity contribution in [3.63, 3.8) is 0 Å². The number of fused-ring (bicyclic) bond motifs is 2. The van der Waals surface area contributed by atoms with E-state index in [4.69, 9.17) is 9.47 Å². The molecule has 7 nitrogen and oxygen atoms in total. The lowest BCUT2D eigenvalue weighted by Crippen LogP contribution is -2.44. The van der Waals surface area contributed by atoms with Crippen molar-refractivity contribution in [2.75, 3.05) is 19.8 Å². The molecule has 1 fully saturated rings. The molecule has 1 aromatic carbocycles. The van der Waals surface area contributed by atoms with E-state index in [2.05, 4.69) is 26.9 Å². The summed E-state index contributed by atoms with van der Waals surface area (Å²) in [5, 5.41) is 14.0. The number of hydrogen-bond donors (Lipinski definition) is 3. The molecular formula is C20H25ClN4O3. The minimum absolute atomic E-state index is 0. The normalized spacial score (nSPS) is 19.4. The predicted octanol–water partition coefficient (Wildman–Crippen LogP) is 2.45. The average molecular weight is 405 g/mol. The molecular weight excluding hydrogens is 380 g/mol. The minimum atomic E-state index is -0.374. The number of H-pyrrole nitrogens is 1. The van der Waals surface area contributed by atoms with Crippen molar-refractivity contribution in [2.45, 2.75) is 44.2 Å². The maximum Gasteiger partial charge on any atom is 0.272 e. The average Bonchev–Trinajstić information content (AvgIpc) is 3.35. The van der Waals surface area contributed by atoms with Gasteiger partial charge < -0.3 is 20.1 Å². The maximum atomic E-state index is 13.1. The molecule has 0 saturated heterocycles. The van der Waals surface area contributed by atoms with Gasteiger partial charge in [-0.25, -0.2) is 0 Å². The van der Waals surface area contributed by atoms with Crippen LogP contribution in [0.3, 0.4) is 0 Å². The Kier molecular flexibility index (Phi) is 5.21. The van der Waals surface area contributed by atoms with Gasteiger partial charge in [0.2, 0.25) is 0 Å². The largest absolute Gasteiger partial charge is 0.486 e. The highest BCUT2D eigenvalue weighted by Gasteiger charge is 2.39. The number of hydrogen-bond acceptors (Lipinski definition) is 5. The first-order chi connectivity index (χ1) is 13.3. The van der Waals surface area contributed by atoms with E-state index in [1.807, 2.05) is 12.1 Å². The lowest BCUT2D eigenvalue weighted by molar-refractivity contribution is 0.0891. The smallest absolute Gasteiger partial charge is 0.272 e. The van der Waals surface area contributed by atoms with Crippen LogP contribution in [0.15, 0.2) is 18.2 Å². The lowest BCUT2D eigenvalue weighted by atomic mass is 9.87. The quantitative estimate of drug-likeness (QED) is 0.731. The Balaban J connectivity index is 0.00000192. The summed E-state index contributed by atoms with van der Waals surface area (Å²) in [6, 6.07) is 6.04. The van der Waals surface area contributed by atoms with E-state index in [9.17, 15) is 4.79 Å². The van der Waals surface area contributed by atoms with Gasteiger partial charge in [0.1, 0.15) is 13.2 Å². The molecule has 1 amide bonds. The number of amides is 1. The van der Waals surface area contributed by atoms with E-state index in [-0.39, 0.29) is 23.9 Å². The molecule has 0 bridgehead atoms. The summed E-state index contributed by atoms with van der Waals surface area (Å²) in [5.74, 6) is 1.44. The molecule has 3 heterocycles. The number of aromatic amines is 1. The molecule has 1 aliphatic carbocycles. The van der Waals surface area contributed by atoms with Gasteiger partial charge in [0.05, 0.1) is 5.54 Å². The third-order valence-corrected chi connectivity index (χ3v) is 5.93. The second-order valence-electron chi connectivity index (χ2n) is 7.56. The van der Waals surface area contributed by atoms with E-state index < -0.39 is 0 Å². The van der Waals surface area contributed by atoms with Crippen LogP contribution in [-0.2, 0) is 18.5 Å². The van der Waals surface area contributed by atoms with Gasteiger partial charge in [-0.2, -0.15) is 5.10 Å². The third kappa shape index (κ3) is 3.22. The highest BCUT2D eigenvalue weighted by Crippen LogP contribution is 2.42. The molecule has 3 aliphatic rings. The highest BCUT2D eigenvalue weighted by molar-refractivity contribution is 5.94. The van der Waals surface area contributed by atoms with Crippen LogP contribution >= 0.6 is 12.4 Å². The Morgan fingerprint density at radius 2 is 1.93 bits per heavy atom. The molecule has 3 N–H and O–H groups in total. The zero-order valence-corrected chi connectivity index (χ0v) is 16.5. The topological polar surface area (TPSA) is 88.3 Å². The highest BCUT2D eigenvalue weighted by atomic mass is 35.5. The van der Waals surface area contributed by atoms with Crippen LogP contribution in [0.25, 0.3) is 0 Å². The Labute approximate surface area is 170 Å². The van der Waals surface area contributed by atoms with E-state index in [1.165, 1.54) is 0 Å². The zero-order valence-electron chi connectivity index (χ0n) is 15.7. The van der Waals surface area contributed by atoms with Crippen LogP contribution in [0.1, 0.15) is 53.0 Å². The molecule has 1 saturated carbocycles. The number of carbonyl (C=O) groups is 1. The minimum Gasteiger partial charge on any atom is -0.486 e. The predicted molar refractivity (Wildman–Crippen MR) is 106 cm³/mol. The van der Waals surface area contributed by atoms with Crippen molar-refractivity contribution in [2.24, 2.45) is 0 Å². The van der Waals surface area contributed by atoms with Crippen molar-refractivity contribution < 1.29 is 14.3 Å². The number of nitrogens with zero attached hydrogens (tertiary/aromatic N) is 1. The summed E-state index contributed by atoms with van der Waals surface area (Å²) in [6.07, 6.45) is 4.90. The second kappa shape index (κ2) is 7.64. The summed E-state index contributed by atoms with van der Waals surface area (Å²) in [7, 11) is 0. The number of aromatic nitrogens is 2. The summed E-state index contributed by atoms with van der Waals surface area (Å²) >= 11 is 0. The van der Waals surface area contributed by atoms with E-state index in [1.54, 1.807) is 0 Å². The third-order valence-electron chi connectivity index (χ3n) is 5.93. The first-order valence-electron chi connectivity index (χ1n) is 9.75. The first-order valence-corrected chi connectivity index (χ1v) is 9.75. The molecule has 0 spiro atoms. The van der Waals surface area contributed by atoms with Crippen LogP contribution in [0.2, 0.25) is 0 Å². The SMILES string of the molecule is Cl.O=C(NC1(c2ccc3c(c2)OCCO3)CCCC1)c1n[nH]c2c1CNCC2. The van der Waals surface area contributed by atoms with Crippen molar-refractivity contribution in [1.82, 2.24) is 20.8 Å². The Bertz CT molecular complexity index is 876. The number of benzene rings is 1. The number of ether oxygens (including phenoxy) is 2. The molecule has 2 aliphatic heterocycles. The van der Waals surface area contributed by atoms with Crippen molar-refractivity contribution in [3.05, 3.63) is 40.7 Å². The van der Waals surface area contributed by atoms with Gasteiger partial charge in [0.25, 0.3) is 5.91 Å². The van der Waals surface area contributed by atoms with Crippen LogP contribution in [-0.4, -0.2) is 35.9 Å². The van der Waals surface area contributed by atoms with Crippen LogP contribution in [0, 0.1) is 0 Å². The van der Waals surface area contributed by atoms with Gasteiger partial charge >= 0.3 is 0 Å². The molecule has 5 rings (SSSR count). The maximum absolute atomic E-state index is 13.1. The number of halogens is 1. The Hall–Kier alpha value is -2.25. The first kappa shape index (κ1) is 19.1. The fourth-order valence-electron chi connectivity index (χ4n) is 4.50. The van der Waals surface area contributed by atoms with Crippen molar-refractivity contribution >= 4 is 18.3 Å². The molecule has 150 valence electrons. The fraction of sp³-hybridized carbons (Fsp3) is 0.500. The van der Waals surface area contributed by atoms with Gasteiger partial charge in [-0.3, -0.25) is 9.89 Å². The molecule has 0 unspecified atom stereocenters. The Morgan fingerprint density at radius 1 is 1.14 bits per heavy atom. The molecule has 8 heteroatoms. The van der Waals surface area contributed by atoms with Crippen molar-refractivity contribution in [3.8, 4) is 11.5 Å². The summed E-state index contributed by atoms with van der Waals surface area (Å²) < 4.78 is 11.4. The number of rotatable bonds is 3. The van der Waals surface area contributed by atoms with Gasteiger partial charge in [-0.1, -0.05) is 18.9 Å². The fourth-order valence-corrected chi connectivity index (χ4v) is 4.50.